The average molecular weight is 1650 g/mol. The number of fused-ring (bicyclic) bond motifs is 8. The van der Waals surface area contributed by atoms with Crippen LogP contribution in [0.3, 0.4) is 0 Å². The number of aryl methyl sites for hydroxylation is 2. The van der Waals surface area contributed by atoms with E-state index in [4.69, 9.17) is 30.3 Å². The topological polar surface area (TPSA) is 305 Å². The van der Waals surface area contributed by atoms with Crippen molar-refractivity contribution in [3.8, 4) is 45.9 Å². The van der Waals surface area contributed by atoms with Gasteiger partial charge in [-0.2, -0.15) is 64.3 Å². The van der Waals surface area contributed by atoms with Gasteiger partial charge in [-0.1, -0.05) is 48.2 Å². The van der Waals surface area contributed by atoms with Crippen LogP contribution < -0.4 is 5.73 Å². The Hall–Kier alpha value is -10.5. The second kappa shape index (κ2) is 29.4. The molecule has 2 saturated carbocycles. The molecule has 604 valence electrons. The summed E-state index contributed by atoms with van der Waals surface area (Å²) in [5, 5.41) is 46.0. The third-order valence-corrected chi connectivity index (χ3v) is 21.9. The standard InChI is InChI=1S/C39H32F7N5O5S.C28H26F2N4O4S.C10H7F5N2O2/c1-50-34-27(4-3-5-28(34)31(48-50)17-57(2,54)55)26-7-6-24(8-9-37(53)18-56-19-37)47-33(26)21(10-20-11-22(40)14-23(41)12-20)13-25(52)16-51-36-32(35(49-51)39(44,45)46)29-15-30(29)38(36,42)43;1-34-27-22(4-3-5-23(27)25(33-34)14-39(2,36)37)21-7-6-20(8-9-28(35)15-38-16-28)32-26(21)24(31)12-17-10-18(29)13-19(30)11-17;11-9(12)4-1-3(4)6-7(10(13,14)15)16-17(8(6)9)2-5(18)19/h3-7,11-12,14,21,29-30,53H,10,13,15-19H2,1-2H3;3-7,10-11,13,24,35H,12,14-16,31H2,1-2H3;3-4H,1-2H2,(H,18,19)/t21-,29+,30-;24-;3-,4+/m100/s1. The summed E-state index contributed by atoms with van der Waals surface area (Å²) in [5.41, 5.74) is 3.51. The highest BCUT2D eigenvalue weighted by Gasteiger charge is 2.70. The molecule has 2 aliphatic heterocycles. The molecule has 115 heavy (non-hydrogen) atoms. The van der Waals surface area contributed by atoms with E-state index in [1.807, 2.05) is 6.07 Å². The number of pyridine rings is 2. The fraction of sp³-hybridized carbons (Fsp3) is 0.377. The van der Waals surface area contributed by atoms with Crippen molar-refractivity contribution in [2.24, 2.45) is 31.7 Å². The molecule has 8 heterocycles. The first-order valence-electron chi connectivity index (χ1n) is 35.2. The summed E-state index contributed by atoms with van der Waals surface area (Å²) < 4.78 is 258. The monoisotopic (exact) mass is 1650 g/mol. The van der Waals surface area contributed by atoms with Crippen LogP contribution in [0.5, 0.6) is 0 Å². The molecule has 4 aromatic carbocycles. The van der Waals surface area contributed by atoms with E-state index in [0.717, 1.165) is 30.7 Å². The predicted molar refractivity (Wildman–Crippen MR) is 381 cm³/mol. The molecule has 38 heteroatoms. The number of carbonyl (C=O) groups is 2. The molecule has 16 rings (SSSR count). The van der Waals surface area contributed by atoms with Gasteiger partial charge < -0.3 is 30.5 Å². The van der Waals surface area contributed by atoms with Gasteiger partial charge in [-0.3, -0.25) is 28.3 Å². The SMILES string of the molecule is Cn1nc(CS(C)(=O)=O)c2cccc(-c3ccc(C#CC4(O)COC4)nc3[C@@H](CC(=O)Cn3nc(C(F)(F)F)c4c3C(F)(F)[C@@H]3C[C@H]43)Cc3cc(F)cc(F)c3)c21.Cn1nc(CS(C)(=O)=O)c2cccc(-c3ccc(C#CC4(O)COC4)nc3[C@@H](N)Cc3cc(F)cc(F)c3)c21.O=C(O)Cn1nc(C(F)(F)F)c2c1C(F)(F)[C@@H]1C[C@H]21. The molecule has 5 N–H and O–H groups in total. The van der Waals surface area contributed by atoms with Crippen molar-refractivity contribution >= 4 is 53.2 Å². The van der Waals surface area contributed by atoms with Gasteiger partial charge in [0.2, 0.25) is 0 Å². The van der Waals surface area contributed by atoms with Crippen molar-refractivity contribution in [2.75, 3.05) is 38.9 Å². The number of rotatable bonds is 18. The van der Waals surface area contributed by atoms with Gasteiger partial charge in [0.1, 0.15) is 59.1 Å². The molecule has 0 radical (unpaired) electrons. The molecule has 6 aliphatic rings. The maximum absolute atomic E-state index is 15.4. The molecule has 4 aliphatic carbocycles. The Morgan fingerprint density at radius 3 is 1.37 bits per heavy atom. The zero-order valence-corrected chi connectivity index (χ0v) is 62.3. The number of benzene rings is 4. The third-order valence-electron chi connectivity index (χ3n) is 20.3. The highest BCUT2D eigenvalue weighted by atomic mass is 32.2. The van der Waals surface area contributed by atoms with Crippen LogP contribution >= 0.6 is 0 Å². The summed E-state index contributed by atoms with van der Waals surface area (Å²) in [6.07, 6.45) is -8.58. The largest absolute Gasteiger partial charge is 0.480 e. The molecule has 10 aromatic rings. The van der Waals surface area contributed by atoms with Gasteiger partial charge in [0.25, 0.3) is 11.8 Å². The number of hydrogen-bond acceptors (Lipinski definition) is 17. The van der Waals surface area contributed by atoms with E-state index in [0.29, 0.717) is 77.5 Å². The van der Waals surface area contributed by atoms with Gasteiger partial charge in [0, 0.05) is 107 Å². The second-order valence-corrected chi connectivity index (χ2v) is 33.9. The minimum Gasteiger partial charge on any atom is -0.480 e. The summed E-state index contributed by atoms with van der Waals surface area (Å²) >= 11 is 0. The maximum atomic E-state index is 15.4. The van der Waals surface area contributed by atoms with E-state index in [-0.39, 0.29) is 90.9 Å². The molecule has 0 amide bonds. The molecule has 4 fully saturated rings. The zero-order valence-electron chi connectivity index (χ0n) is 60.7. The number of ether oxygens (including phenoxy) is 2. The van der Waals surface area contributed by atoms with E-state index < -0.39 is 179 Å². The number of aliphatic carboxylic acids is 1. The van der Waals surface area contributed by atoms with Crippen molar-refractivity contribution in [3.05, 3.63) is 200 Å². The third kappa shape index (κ3) is 16.6. The molecule has 22 nitrogen and oxygen atoms in total. The Balaban J connectivity index is 0.000000161. The number of halogens is 14. The Bertz CT molecular complexity index is 5990. The second-order valence-electron chi connectivity index (χ2n) is 29.6. The van der Waals surface area contributed by atoms with Gasteiger partial charge in [-0.05, 0) is 109 Å². The lowest BCUT2D eigenvalue weighted by molar-refractivity contribution is -0.143. The van der Waals surface area contributed by atoms with Crippen LogP contribution in [0, 0.1) is 58.8 Å². The Kier molecular flexibility index (Phi) is 20.7. The summed E-state index contributed by atoms with van der Waals surface area (Å²) in [4.78, 5) is 34.0. The van der Waals surface area contributed by atoms with Crippen molar-refractivity contribution in [3.63, 3.8) is 0 Å². The Morgan fingerprint density at radius 2 is 0.974 bits per heavy atom. The summed E-state index contributed by atoms with van der Waals surface area (Å²) in [7, 11) is -3.53. The number of nitrogens with two attached hydrogens (primary N) is 1. The van der Waals surface area contributed by atoms with E-state index in [2.05, 4.69) is 44.1 Å². The van der Waals surface area contributed by atoms with Gasteiger partial charge in [0.15, 0.2) is 48.0 Å². The van der Waals surface area contributed by atoms with E-state index in [1.54, 1.807) is 67.3 Å². The van der Waals surface area contributed by atoms with Crippen LogP contribution in [0.1, 0.15) is 122 Å². The lowest BCUT2D eigenvalue weighted by Gasteiger charge is -2.30. The lowest BCUT2D eigenvalue weighted by atomic mass is 9.86. The molecular formula is C77H65F14N11O11S2. The number of alkyl halides is 10. The van der Waals surface area contributed by atoms with Crippen molar-refractivity contribution in [2.45, 2.75) is 116 Å². The maximum Gasteiger partial charge on any atom is 0.435 e. The van der Waals surface area contributed by atoms with Crippen LogP contribution in [0.2, 0.25) is 0 Å². The molecule has 0 spiro atoms. The number of carbonyl (C=O) groups excluding carboxylic acids is 1. The first-order valence-corrected chi connectivity index (χ1v) is 39.3. The van der Waals surface area contributed by atoms with E-state index >= 15 is 8.78 Å². The fourth-order valence-electron chi connectivity index (χ4n) is 15.4. The summed E-state index contributed by atoms with van der Waals surface area (Å²) in [6.45, 7) is -1.87. The fourth-order valence-corrected chi connectivity index (χ4v) is 16.8. The minimum absolute atomic E-state index is 0.0121. The Labute approximate surface area is 644 Å². The molecule has 6 atom stereocenters. The first kappa shape index (κ1) is 81.1. The normalized spacial score (nSPS) is 19.5. The number of Topliss-reactive ketones (excluding diaryl/α,β-unsaturated/α-hetero) is 1. The molecule has 6 aromatic heterocycles. The van der Waals surface area contributed by atoms with Crippen LogP contribution in [-0.4, -0.2) is 143 Å². The van der Waals surface area contributed by atoms with Crippen LogP contribution in [-0.2, 0) is 114 Å². The minimum atomic E-state index is -5.05. The van der Waals surface area contributed by atoms with Crippen LogP contribution in [0.15, 0.2) is 97.1 Å². The van der Waals surface area contributed by atoms with Gasteiger partial charge in [-0.15, -0.1) is 0 Å². The summed E-state index contributed by atoms with van der Waals surface area (Å²) in [6, 6.07) is 22.3. The summed E-state index contributed by atoms with van der Waals surface area (Å²) in [5.74, 6) is -7.63. The van der Waals surface area contributed by atoms with Crippen molar-refractivity contribution < 1.29 is 113 Å². The first-order chi connectivity index (χ1) is 53.7. The molecule has 0 unspecified atom stereocenters. The quantitative estimate of drug-likeness (QED) is 0.0458. The Morgan fingerprint density at radius 1 is 0.574 bits per heavy atom. The highest BCUT2D eigenvalue weighted by Crippen LogP contribution is 2.70. The van der Waals surface area contributed by atoms with E-state index in [1.165, 1.54) is 22.9 Å². The van der Waals surface area contributed by atoms with E-state index in [9.17, 15) is 89.3 Å². The number of ketones is 1. The van der Waals surface area contributed by atoms with Gasteiger partial charge in [0.05, 0.1) is 77.8 Å². The molecule has 2 saturated heterocycles. The zero-order chi connectivity index (χ0) is 82.9. The lowest BCUT2D eigenvalue weighted by Crippen LogP contribution is -2.48. The number of carboxylic acid groups (broad SMARTS) is 1. The average Bonchev–Trinajstić information content (AvgIpc) is 1.52. The van der Waals surface area contributed by atoms with Crippen molar-refractivity contribution in [1.29, 1.82) is 0 Å². The van der Waals surface area contributed by atoms with Crippen LogP contribution in [0.4, 0.5) is 61.5 Å². The number of para-hydroxylation sites is 2. The molecule has 0 bridgehead atoms. The number of sulfone groups is 2. The number of nitrogens with zero attached hydrogens (tertiary/aromatic N) is 10. The number of aromatic nitrogens is 10. The van der Waals surface area contributed by atoms with Crippen molar-refractivity contribution in [1.82, 2.24) is 49.1 Å². The number of aliphatic hydroxyl groups is 2. The smallest absolute Gasteiger partial charge is 0.435 e. The molecular weight excluding hydrogens is 1590 g/mol. The number of carboxylic acids is 1. The van der Waals surface area contributed by atoms with Gasteiger partial charge >= 0.3 is 18.3 Å². The number of hydrogen-bond donors (Lipinski definition) is 4. The van der Waals surface area contributed by atoms with Crippen LogP contribution in [0.25, 0.3) is 44.1 Å². The highest BCUT2D eigenvalue weighted by molar-refractivity contribution is 7.90. The van der Waals surface area contributed by atoms with Gasteiger partial charge in [-0.25, -0.2) is 44.4 Å². The predicted octanol–water partition coefficient (Wildman–Crippen LogP) is 11.0.